The molecule has 2 aliphatic rings. The van der Waals surface area contributed by atoms with Gasteiger partial charge in [-0.3, -0.25) is 5.10 Å². The molecule has 2 aliphatic heterocycles. The van der Waals surface area contributed by atoms with Crippen molar-refractivity contribution in [2.75, 3.05) is 11.9 Å². The summed E-state index contributed by atoms with van der Waals surface area (Å²) in [6, 6.07) is 9.28. The Kier molecular flexibility index (Phi) is 3.11. The number of aromatic nitrogens is 2. The van der Waals surface area contributed by atoms with Crippen LogP contribution in [0.1, 0.15) is 17.0 Å². The number of hydrogen-bond acceptors (Lipinski definition) is 4. The van der Waals surface area contributed by atoms with Crippen molar-refractivity contribution in [2.24, 2.45) is 0 Å². The molecule has 0 bridgehead atoms. The first-order valence-corrected chi connectivity index (χ1v) is 8.47. The van der Waals surface area contributed by atoms with Gasteiger partial charge in [0.2, 0.25) is 0 Å². The molecule has 25 heavy (non-hydrogen) atoms. The van der Waals surface area contributed by atoms with Gasteiger partial charge in [0.05, 0.1) is 23.0 Å². The van der Waals surface area contributed by atoms with Crippen molar-refractivity contribution < 1.29 is 9.53 Å². The molecule has 0 radical (unpaired) electrons. The van der Waals surface area contributed by atoms with Crippen LogP contribution in [0.3, 0.4) is 0 Å². The molecular formula is C18H11Cl2N3O2. The van der Waals surface area contributed by atoms with Crippen molar-refractivity contribution in [1.29, 1.82) is 0 Å². The summed E-state index contributed by atoms with van der Waals surface area (Å²) in [6.45, 7) is 0.232. The molecule has 7 heteroatoms. The first-order valence-electron chi connectivity index (χ1n) is 7.71. The number of anilines is 1. The van der Waals surface area contributed by atoms with Gasteiger partial charge in [-0.25, -0.2) is 4.79 Å². The van der Waals surface area contributed by atoms with Crippen LogP contribution in [-0.4, -0.2) is 22.8 Å². The van der Waals surface area contributed by atoms with Gasteiger partial charge >= 0.3 is 5.97 Å². The van der Waals surface area contributed by atoms with Crippen LogP contribution in [0.4, 0.5) is 5.69 Å². The van der Waals surface area contributed by atoms with Gasteiger partial charge in [-0.1, -0.05) is 29.3 Å². The molecule has 0 fully saturated rings. The third-order valence-corrected chi connectivity index (χ3v) is 5.25. The van der Waals surface area contributed by atoms with Crippen LogP contribution in [0.5, 0.6) is 0 Å². The highest BCUT2D eigenvalue weighted by Gasteiger charge is 2.40. The normalized spacial score (nSPS) is 18.8. The molecule has 0 saturated carbocycles. The topological polar surface area (TPSA) is 67.0 Å². The van der Waals surface area contributed by atoms with Gasteiger partial charge < -0.3 is 10.1 Å². The molecule has 2 N–H and O–H groups in total. The zero-order valence-corrected chi connectivity index (χ0v) is 14.3. The summed E-state index contributed by atoms with van der Waals surface area (Å²) in [6.07, 6.45) is 1.76. The van der Waals surface area contributed by atoms with Crippen molar-refractivity contribution in [2.45, 2.75) is 5.92 Å². The van der Waals surface area contributed by atoms with Gasteiger partial charge in [0.1, 0.15) is 6.61 Å². The van der Waals surface area contributed by atoms with Crippen molar-refractivity contribution >= 4 is 45.8 Å². The Morgan fingerprint density at radius 3 is 2.92 bits per heavy atom. The summed E-state index contributed by atoms with van der Waals surface area (Å²) in [5.74, 6) is -0.684. The number of H-pyrrole nitrogens is 1. The van der Waals surface area contributed by atoms with Crippen LogP contribution in [0.2, 0.25) is 10.0 Å². The minimum atomic E-state index is -0.352. The van der Waals surface area contributed by atoms with Gasteiger partial charge in [0.15, 0.2) is 0 Å². The zero-order valence-electron chi connectivity index (χ0n) is 12.8. The van der Waals surface area contributed by atoms with Crippen molar-refractivity contribution in [3.8, 4) is 0 Å². The molecule has 1 unspecified atom stereocenters. The number of hydrogen-bond donors (Lipinski definition) is 2. The van der Waals surface area contributed by atoms with Crippen LogP contribution in [0.25, 0.3) is 10.9 Å². The largest absolute Gasteiger partial charge is 0.456 e. The fourth-order valence-corrected chi connectivity index (χ4v) is 4.13. The Morgan fingerprint density at radius 1 is 1.20 bits per heavy atom. The van der Waals surface area contributed by atoms with E-state index in [0.29, 0.717) is 15.6 Å². The molecule has 2 aromatic carbocycles. The smallest absolute Gasteiger partial charge is 0.337 e. The lowest BCUT2D eigenvalue weighted by Crippen LogP contribution is -2.20. The monoisotopic (exact) mass is 371 g/mol. The zero-order chi connectivity index (χ0) is 17.1. The molecule has 0 amide bonds. The van der Waals surface area contributed by atoms with E-state index in [9.17, 15) is 4.79 Å². The summed E-state index contributed by atoms with van der Waals surface area (Å²) < 4.78 is 5.27. The minimum absolute atomic E-state index is 0.232. The number of nitrogens with one attached hydrogen (secondary N) is 2. The van der Waals surface area contributed by atoms with Crippen LogP contribution < -0.4 is 5.32 Å². The average Bonchev–Trinajstić information content (AvgIpc) is 3.20. The lowest BCUT2D eigenvalue weighted by Gasteiger charge is -2.28. The highest BCUT2D eigenvalue weighted by Crippen LogP contribution is 2.48. The van der Waals surface area contributed by atoms with E-state index in [1.165, 1.54) is 0 Å². The molecule has 0 spiro atoms. The molecule has 5 nitrogen and oxygen atoms in total. The molecule has 0 saturated heterocycles. The molecule has 5 rings (SSSR count). The molecule has 3 heterocycles. The van der Waals surface area contributed by atoms with Crippen molar-refractivity contribution in [3.63, 3.8) is 0 Å². The molecule has 124 valence electrons. The maximum absolute atomic E-state index is 12.4. The second-order valence-electron chi connectivity index (χ2n) is 6.05. The Labute approximate surface area is 152 Å². The minimum Gasteiger partial charge on any atom is -0.456 e. The lowest BCUT2D eigenvalue weighted by molar-refractivity contribution is -0.136. The molecule has 1 atom stereocenters. The van der Waals surface area contributed by atoms with E-state index in [2.05, 4.69) is 15.5 Å². The van der Waals surface area contributed by atoms with Crippen molar-refractivity contribution in [3.05, 3.63) is 69.0 Å². The Balaban J connectivity index is 1.85. The summed E-state index contributed by atoms with van der Waals surface area (Å²) >= 11 is 12.5. The fraction of sp³-hybridized carbons (Fsp3) is 0.111. The van der Waals surface area contributed by atoms with E-state index in [4.69, 9.17) is 27.9 Å². The maximum Gasteiger partial charge on any atom is 0.337 e. The second kappa shape index (κ2) is 5.25. The van der Waals surface area contributed by atoms with E-state index in [0.717, 1.165) is 33.4 Å². The number of halogens is 2. The van der Waals surface area contributed by atoms with Gasteiger partial charge in [0.25, 0.3) is 0 Å². The summed E-state index contributed by atoms with van der Waals surface area (Å²) in [7, 11) is 0. The number of carbonyl (C=O) groups is 1. The number of rotatable bonds is 1. The van der Waals surface area contributed by atoms with Gasteiger partial charge in [-0.15, -0.1) is 0 Å². The van der Waals surface area contributed by atoms with E-state index >= 15 is 0 Å². The highest BCUT2D eigenvalue weighted by molar-refractivity contribution is 6.35. The van der Waals surface area contributed by atoms with Gasteiger partial charge in [-0.2, -0.15) is 5.10 Å². The predicted molar refractivity (Wildman–Crippen MR) is 96.0 cm³/mol. The Morgan fingerprint density at radius 2 is 2.08 bits per heavy atom. The second-order valence-corrected chi connectivity index (χ2v) is 6.90. The van der Waals surface area contributed by atoms with Crippen LogP contribution in [-0.2, 0) is 9.53 Å². The fourth-order valence-electron chi connectivity index (χ4n) is 3.61. The van der Waals surface area contributed by atoms with Crippen LogP contribution in [0.15, 0.2) is 47.8 Å². The standard InChI is InChI=1S/C18H11Cl2N3O2/c19-9-2-3-10(11(20)5-9)14-15-12(4-1-8-6-21-23-17(8)15)22-13-7-25-18(24)16(13)14/h1-6,14,22H,7H2,(H,21,23). The number of ether oxygens (including phenoxy) is 1. The Hall–Kier alpha value is -2.50. The highest BCUT2D eigenvalue weighted by atomic mass is 35.5. The Bertz CT molecular complexity index is 1090. The number of cyclic esters (lactones) is 1. The summed E-state index contributed by atoms with van der Waals surface area (Å²) in [4.78, 5) is 12.4. The lowest BCUT2D eigenvalue weighted by atomic mass is 9.80. The third-order valence-electron chi connectivity index (χ3n) is 4.69. The first kappa shape index (κ1) is 14.8. The summed E-state index contributed by atoms with van der Waals surface area (Å²) in [5, 5.41) is 12.5. The number of esters is 1. The number of carbonyl (C=O) groups excluding carboxylic acids is 1. The van der Waals surface area contributed by atoms with Crippen LogP contribution >= 0.6 is 23.2 Å². The average molecular weight is 372 g/mol. The van der Waals surface area contributed by atoms with Crippen molar-refractivity contribution in [1.82, 2.24) is 10.2 Å². The summed E-state index contributed by atoms with van der Waals surface area (Å²) in [5.41, 5.74) is 4.86. The first-order chi connectivity index (χ1) is 12.1. The maximum atomic E-state index is 12.4. The number of benzene rings is 2. The van der Waals surface area contributed by atoms with Crippen LogP contribution in [0, 0.1) is 0 Å². The van der Waals surface area contributed by atoms with E-state index in [1.54, 1.807) is 18.3 Å². The number of fused-ring (bicyclic) bond motifs is 3. The van der Waals surface area contributed by atoms with Gasteiger partial charge in [0, 0.05) is 32.6 Å². The van der Waals surface area contributed by atoms with Gasteiger partial charge in [-0.05, 0) is 29.8 Å². The molecule has 1 aromatic heterocycles. The number of aromatic amines is 1. The van der Waals surface area contributed by atoms with E-state index in [-0.39, 0.29) is 18.5 Å². The number of nitrogens with zero attached hydrogens (tertiary/aromatic N) is 1. The molecule has 3 aromatic rings. The van der Waals surface area contributed by atoms with E-state index < -0.39 is 0 Å². The SMILES string of the molecule is O=C1OCC2=C1C(c1ccc(Cl)cc1Cl)c1c(ccc3cn[nH]c13)N2. The third kappa shape index (κ3) is 2.09. The quantitative estimate of drug-likeness (QED) is 0.627. The predicted octanol–water partition coefficient (Wildman–Crippen LogP) is 4.24. The molecule has 0 aliphatic carbocycles. The van der Waals surface area contributed by atoms with E-state index in [1.807, 2.05) is 18.2 Å². The molecular weight excluding hydrogens is 361 g/mol.